The summed E-state index contributed by atoms with van der Waals surface area (Å²) in [6, 6.07) is 7.17. The fourth-order valence-corrected chi connectivity index (χ4v) is 5.22. The highest BCUT2D eigenvalue weighted by Crippen LogP contribution is 2.41. The van der Waals surface area contributed by atoms with Crippen molar-refractivity contribution in [3.8, 4) is 17.2 Å². The SMILES string of the molecule is COCCOC(=O)C(C)(COc1ccc(CC2SC(=O)NC2=O)cc1)Oc1c(C)c(C)c2c(c1C)C=CCO2. The number of hydrogen-bond donors (Lipinski definition) is 1. The summed E-state index contributed by atoms with van der Waals surface area (Å²) in [6.45, 7) is 8.21. The molecule has 0 saturated carbocycles. The van der Waals surface area contributed by atoms with Gasteiger partial charge < -0.3 is 23.7 Å². The summed E-state index contributed by atoms with van der Waals surface area (Å²) < 4.78 is 28.8. The Labute approximate surface area is 232 Å². The molecule has 0 aliphatic carbocycles. The zero-order valence-electron chi connectivity index (χ0n) is 22.8. The van der Waals surface area contributed by atoms with Gasteiger partial charge in [0.25, 0.3) is 5.24 Å². The molecule has 208 valence electrons. The molecule has 2 aliphatic rings. The fraction of sp³-hybridized carbons (Fsp3) is 0.414. The van der Waals surface area contributed by atoms with E-state index in [9.17, 15) is 14.4 Å². The predicted molar refractivity (Wildman–Crippen MR) is 148 cm³/mol. The summed E-state index contributed by atoms with van der Waals surface area (Å²) >= 11 is 0.990. The highest BCUT2D eigenvalue weighted by atomic mass is 32.2. The number of rotatable bonds is 11. The second-order valence-corrected chi connectivity index (χ2v) is 10.8. The van der Waals surface area contributed by atoms with Crippen LogP contribution in [0.5, 0.6) is 17.2 Å². The molecular weight excluding hydrogens is 522 g/mol. The van der Waals surface area contributed by atoms with Gasteiger partial charge in [0.2, 0.25) is 11.5 Å². The van der Waals surface area contributed by atoms with Crippen LogP contribution in [0.1, 0.15) is 34.7 Å². The van der Waals surface area contributed by atoms with Gasteiger partial charge in [-0.05, 0) is 69.0 Å². The molecule has 2 aromatic carbocycles. The zero-order valence-corrected chi connectivity index (χ0v) is 23.6. The number of amides is 2. The van der Waals surface area contributed by atoms with Crippen LogP contribution >= 0.6 is 11.8 Å². The quantitative estimate of drug-likeness (QED) is 0.320. The summed E-state index contributed by atoms with van der Waals surface area (Å²) in [7, 11) is 1.53. The molecule has 10 heteroatoms. The molecular formula is C29H33NO8S. The fourth-order valence-electron chi connectivity index (χ4n) is 4.36. The van der Waals surface area contributed by atoms with Crippen molar-refractivity contribution in [3.05, 3.63) is 58.2 Å². The Morgan fingerprint density at radius 1 is 1.10 bits per heavy atom. The minimum absolute atomic E-state index is 0.0794. The van der Waals surface area contributed by atoms with E-state index in [1.54, 1.807) is 19.1 Å². The monoisotopic (exact) mass is 555 g/mol. The van der Waals surface area contributed by atoms with Crippen LogP contribution < -0.4 is 19.5 Å². The Bertz CT molecular complexity index is 1290. The Balaban J connectivity index is 1.53. The van der Waals surface area contributed by atoms with Gasteiger partial charge in [0.15, 0.2) is 0 Å². The topological polar surface area (TPSA) is 109 Å². The van der Waals surface area contributed by atoms with Gasteiger partial charge >= 0.3 is 5.97 Å². The summed E-state index contributed by atoms with van der Waals surface area (Å²) in [5.74, 6) is 1.05. The molecule has 4 rings (SSSR count). The minimum atomic E-state index is -1.47. The molecule has 1 fully saturated rings. The lowest BCUT2D eigenvalue weighted by Gasteiger charge is -2.31. The summed E-state index contributed by atoms with van der Waals surface area (Å²) in [4.78, 5) is 36.6. The van der Waals surface area contributed by atoms with Gasteiger partial charge in [-0.3, -0.25) is 14.9 Å². The van der Waals surface area contributed by atoms with Crippen molar-refractivity contribution < 1.29 is 38.1 Å². The maximum Gasteiger partial charge on any atom is 0.353 e. The molecule has 2 amide bonds. The average molecular weight is 556 g/mol. The highest BCUT2D eigenvalue weighted by Gasteiger charge is 2.40. The number of nitrogens with one attached hydrogen (secondary N) is 1. The number of benzene rings is 2. The first kappa shape index (κ1) is 28.5. The number of imide groups is 1. The van der Waals surface area contributed by atoms with Crippen LogP contribution in [0, 0.1) is 20.8 Å². The molecule has 2 atom stereocenters. The van der Waals surface area contributed by atoms with E-state index in [1.165, 1.54) is 7.11 Å². The van der Waals surface area contributed by atoms with Gasteiger partial charge in [-0.1, -0.05) is 30.0 Å². The van der Waals surface area contributed by atoms with Gasteiger partial charge in [-0.2, -0.15) is 0 Å². The largest absolute Gasteiger partial charge is 0.489 e. The van der Waals surface area contributed by atoms with E-state index in [0.717, 1.165) is 45.3 Å². The molecule has 2 aliphatic heterocycles. The highest BCUT2D eigenvalue weighted by molar-refractivity contribution is 8.15. The third-order valence-corrected chi connectivity index (χ3v) is 7.73. The van der Waals surface area contributed by atoms with E-state index in [1.807, 2.05) is 45.1 Å². The van der Waals surface area contributed by atoms with E-state index in [0.29, 0.717) is 24.5 Å². The van der Waals surface area contributed by atoms with E-state index in [4.69, 9.17) is 23.7 Å². The number of carbonyl (C=O) groups excluding carboxylic acids is 3. The Kier molecular flexibility index (Phi) is 8.87. The summed E-state index contributed by atoms with van der Waals surface area (Å²) in [5.41, 5.74) is 3.00. The molecule has 9 nitrogen and oxygen atoms in total. The van der Waals surface area contributed by atoms with Gasteiger partial charge in [0, 0.05) is 18.2 Å². The lowest BCUT2D eigenvalue weighted by Crippen LogP contribution is -2.48. The molecule has 0 spiro atoms. The molecule has 39 heavy (non-hydrogen) atoms. The van der Waals surface area contributed by atoms with Crippen molar-refractivity contribution in [1.82, 2.24) is 5.32 Å². The first-order chi connectivity index (χ1) is 18.6. The van der Waals surface area contributed by atoms with Crippen LogP contribution in [0.2, 0.25) is 0 Å². The van der Waals surface area contributed by atoms with Crippen molar-refractivity contribution >= 4 is 35.0 Å². The number of methoxy groups -OCH3 is 1. The standard InChI is InChI=1S/C29H33NO8S/c1-17-18(2)25-22(7-6-12-35-25)19(3)24(17)38-29(4,27(32)36-14-13-34-5)16-37-21-10-8-20(9-11-21)15-23-26(31)30-28(33)39-23/h6-11,23H,12-16H2,1-5H3,(H,30,31,33). The number of fused-ring (bicyclic) bond motifs is 1. The van der Waals surface area contributed by atoms with Crippen molar-refractivity contribution in [2.75, 3.05) is 33.5 Å². The first-order valence-electron chi connectivity index (χ1n) is 12.6. The van der Waals surface area contributed by atoms with Gasteiger partial charge in [-0.25, -0.2) is 4.79 Å². The molecule has 2 aromatic rings. The Hall–Kier alpha value is -3.50. The number of esters is 1. The van der Waals surface area contributed by atoms with Crippen molar-refractivity contribution in [1.29, 1.82) is 0 Å². The van der Waals surface area contributed by atoms with Gasteiger partial charge in [-0.15, -0.1) is 0 Å². The van der Waals surface area contributed by atoms with Crippen LogP contribution in [-0.2, 0) is 25.5 Å². The van der Waals surface area contributed by atoms with E-state index in [-0.39, 0.29) is 31.0 Å². The lowest BCUT2D eigenvalue weighted by atomic mass is 9.95. The third kappa shape index (κ3) is 6.39. The maximum atomic E-state index is 13.3. The molecule has 0 aromatic heterocycles. The van der Waals surface area contributed by atoms with Crippen LogP contribution in [0.25, 0.3) is 6.08 Å². The first-order valence-corrected chi connectivity index (χ1v) is 13.5. The second-order valence-electron chi connectivity index (χ2n) is 9.64. The van der Waals surface area contributed by atoms with Gasteiger partial charge in [0.1, 0.15) is 37.1 Å². The molecule has 1 saturated heterocycles. The van der Waals surface area contributed by atoms with E-state index >= 15 is 0 Å². The molecule has 1 N–H and O–H groups in total. The average Bonchev–Trinajstić information content (AvgIpc) is 3.25. The van der Waals surface area contributed by atoms with Gasteiger partial charge in [0.05, 0.1) is 11.9 Å². The Morgan fingerprint density at radius 3 is 2.51 bits per heavy atom. The number of carbonyl (C=O) groups is 3. The molecule has 0 radical (unpaired) electrons. The maximum absolute atomic E-state index is 13.3. The number of ether oxygens (including phenoxy) is 5. The summed E-state index contributed by atoms with van der Waals surface area (Å²) in [5, 5.41) is 1.52. The Morgan fingerprint density at radius 2 is 1.85 bits per heavy atom. The number of hydrogen-bond acceptors (Lipinski definition) is 9. The van der Waals surface area contributed by atoms with Crippen LogP contribution in [0.3, 0.4) is 0 Å². The second kappa shape index (κ2) is 12.1. The number of thioether (sulfide) groups is 1. The van der Waals surface area contributed by atoms with Crippen LogP contribution in [0.4, 0.5) is 4.79 Å². The van der Waals surface area contributed by atoms with Crippen molar-refractivity contribution in [2.24, 2.45) is 0 Å². The smallest absolute Gasteiger partial charge is 0.353 e. The molecule has 0 bridgehead atoms. The molecule has 2 unspecified atom stereocenters. The third-order valence-electron chi connectivity index (χ3n) is 6.75. The minimum Gasteiger partial charge on any atom is -0.489 e. The van der Waals surface area contributed by atoms with Crippen LogP contribution in [-0.4, -0.2) is 61.5 Å². The normalized spacial score (nSPS) is 17.6. The lowest BCUT2D eigenvalue weighted by molar-refractivity contribution is -0.164. The van der Waals surface area contributed by atoms with Crippen molar-refractivity contribution in [3.63, 3.8) is 0 Å². The van der Waals surface area contributed by atoms with E-state index < -0.39 is 16.8 Å². The predicted octanol–water partition coefficient (Wildman–Crippen LogP) is 4.32. The zero-order chi connectivity index (χ0) is 28.2. The molecule has 2 heterocycles. The summed E-state index contributed by atoms with van der Waals surface area (Å²) in [6.07, 6.45) is 4.36. The van der Waals surface area contributed by atoms with E-state index in [2.05, 4.69) is 5.32 Å². The van der Waals surface area contributed by atoms with Crippen LogP contribution in [0.15, 0.2) is 30.3 Å². The van der Waals surface area contributed by atoms with Crippen molar-refractivity contribution in [2.45, 2.75) is 45.0 Å².